The first kappa shape index (κ1) is 9.58. The highest BCUT2D eigenvalue weighted by Gasteiger charge is 1.99. The number of rotatable bonds is 2. The predicted octanol–water partition coefficient (Wildman–Crippen LogP) is 1.43. The Morgan fingerprint density at radius 1 is 1.27 bits per heavy atom. The van der Waals surface area contributed by atoms with E-state index in [0.29, 0.717) is 6.54 Å². The second kappa shape index (κ2) is 4.04. The molecule has 2 aromatic rings. The number of nitrogens with zero attached hydrogens (tertiary/aromatic N) is 2. The summed E-state index contributed by atoms with van der Waals surface area (Å²) in [6.45, 7) is 0.338. The zero-order valence-corrected chi connectivity index (χ0v) is 7.93. The fraction of sp³-hybridized carbons (Fsp3) is 0.0909. The van der Waals surface area contributed by atoms with Crippen molar-refractivity contribution in [2.24, 2.45) is 0 Å². The lowest BCUT2D eigenvalue weighted by molar-refractivity contribution is 0.579. The van der Waals surface area contributed by atoms with Crippen LogP contribution in [0.2, 0.25) is 0 Å². The van der Waals surface area contributed by atoms with Crippen LogP contribution in [-0.2, 0) is 6.54 Å². The summed E-state index contributed by atoms with van der Waals surface area (Å²) in [4.78, 5) is 14.7. The Labute approximate surface area is 85.8 Å². The minimum Gasteiger partial charge on any atom is -0.292 e. The van der Waals surface area contributed by atoms with Crippen molar-refractivity contribution in [3.8, 4) is 0 Å². The van der Waals surface area contributed by atoms with E-state index >= 15 is 0 Å². The van der Waals surface area contributed by atoms with Crippen LogP contribution in [0.4, 0.5) is 4.39 Å². The Hall–Kier alpha value is -1.97. The van der Waals surface area contributed by atoms with Crippen molar-refractivity contribution in [1.29, 1.82) is 0 Å². The van der Waals surface area contributed by atoms with Gasteiger partial charge in [-0.15, -0.1) is 0 Å². The van der Waals surface area contributed by atoms with Crippen molar-refractivity contribution in [3.63, 3.8) is 0 Å². The van der Waals surface area contributed by atoms with Crippen LogP contribution in [-0.4, -0.2) is 9.55 Å². The maximum Gasteiger partial charge on any atom is 0.348 e. The lowest BCUT2D eigenvalue weighted by Crippen LogP contribution is -2.23. The van der Waals surface area contributed by atoms with Crippen LogP contribution in [0.1, 0.15) is 5.56 Å². The topological polar surface area (TPSA) is 34.9 Å². The smallest absolute Gasteiger partial charge is 0.292 e. The molecule has 0 aliphatic rings. The molecule has 2 rings (SSSR count). The molecule has 0 bridgehead atoms. The van der Waals surface area contributed by atoms with E-state index in [4.69, 9.17) is 0 Å². The van der Waals surface area contributed by atoms with Crippen molar-refractivity contribution in [2.75, 3.05) is 0 Å². The summed E-state index contributed by atoms with van der Waals surface area (Å²) in [5, 5.41) is 0. The molecule has 0 radical (unpaired) electrons. The van der Waals surface area contributed by atoms with E-state index in [-0.39, 0.29) is 0 Å². The Morgan fingerprint density at radius 3 is 2.73 bits per heavy atom. The molecule has 76 valence electrons. The third-order valence-corrected chi connectivity index (χ3v) is 2.02. The van der Waals surface area contributed by atoms with Gasteiger partial charge in [-0.2, -0.15) is 4.98 Å². The zero-order chi connectivity index (χ0) is 10.7. The Morgan fingerprint density at radius 2 is 2.00 bits per heavy atom. The van der Waals surface area contributed by atoms with Gasteiger partial charge >= 0.3 is 5.69 Å². The first-order valence-electron chi connectivity index (χ1n) is 4.51. The molecule has 1 aromatic carbocycles. The molecule has 15 heavy (non-hydrogen) atoms. The second-order valence-corrected chi connectivity index (χ2v) is 3.17. The number of halogens is 1. The molecule has 0 aliphatic heterocycles. The maximum atomic E-state index is 12.8. The van der Waals surface area contributed by atoms with Crippen LogP contribution in [0.15, 0.2) is 47.5 Å². The van der Waals surface area contributed by atoms with E-state index in [0.717, 1.165) is 18.0 Å². The molecule has 0 saturated carbocycles. The van der Waals surface area contributed by atoms with E-state index in [1.165, 1.54) is 4.57 Å². The summed E-state index contributed by atoms with van der Waals surface area (Å²) < 4.78 is 14.1. The highest BCUT2D eigenvalue weighted by molar-refractivity contribution is 5.15. The molecule has 3 nitrogen and oxygen atoms in total. The molecule has 0 fully saturated rings. The summed E-state index contributed by atoms with van der Waals surface area (Å²) in [5.74, 6) is -0.509. The van der Waals surface area contributed by atoms with Gasteiger partial charge in [-0.25, -0.2) is 9.18 Å². The summed E-state index contributed by atoms with van der Waals surface area (Å²) in [5.41, 5.74) is 0.493. The van der Waals surface area contributed by atoms with E-state index in [9.17, 15) is 9.18 Å². The first-order chi connectivity index (χ1) is 7.25. The average Bonchev–Trinajstić information content (AvgIpc) is 2.25. The van der Waals surface area contributed by atoms with Crippen molar-refractivity contribution in [3.05, 3.63) is 64.6 Å². The minimum absolute atomic E-state index is 0.338. The molecule has 0 saturated heterocycles. The Kier molecular flexibility index (Phi) is 2.58. The SMILES string of the molecule is O=c1ncc(F)cn1Cc1ccccc1. The van der Waals surface area contributed by atoms with Crippen LogP contribution in [0.5, 0.6) is 0 Å². The van der Waals surface area contributed by atoms with Gasteiger partial charge in [0.2, 0.25) is 0 Å². The monoisotopic (exact) mass is 204 g/mol. The third kappa shape index (κ3) is 2.28. The lowest BCUT2D eigenvalue weighted by Gasteiger charge is -2.03. The Balaban J connectivity index is 2.32. The molecule has 0 atom stereocenters. The average molecular weight is 204 g/mol. The van der Waals surface area contributed by atoms with E-state index in [1.54, 1.807) is 0 Å². The summed E-state index contributed by atoms with van der Waals surface area (Å²) >= 11 is 0. The number of benzene rings is 1. The predicted molar refractivity (Wildman–Crippen MR) is 54.0 cm³/mol. The number of hydrogen-bond acceptors (Lipinski definition) is 2. The van der Waals surface area contributed by atoms with Gasteiger partial charge in [-0.3, -0.25) is 4.57 Å². The number of hydrogen-bond donors (Lipinski definition) is 0. The van der Waals surface area contributed by atoms with Crippen LogP contribution in [0, 0.1) is 5.82 Å². The zero-order valence-electron chi connectivity index (χ0n) is 7.93. The number of aromatic nitrogens is 2. The summed E-state index contributed by atoms with van der Waals surface area (Å²) in [6, 6.07) is 9.37. The highest BCUT2D eigenvalue weighted by atomic mass is 19.1. The first-order valence-corrected chi connectivity index (χ1v) is 4.51. The van der Waals surface area contributed by atoms with Gasteiger partial charge in [0.05, 0.1) is 12.7 Å². The van der Waals surface area contributed by atoms with Gasteiger partial charge < -0.3 is 0 Å². The standard InChI is InChI=1S/C11H9FN2O/c12-10-6-13-11(15)14(8-10)7-9-4-2-1-3-5-9/h1-6,8H,7H2. The fourth-order valence-corrected chi connectivity index (χ4v) is 1.32. The van der Waals surface area contributed by atoms with E-state index in [2.05, 4.69) is 4.98 Å². The quantitative estimate of drug-likeness (QED) is 0.741. The molecule has 0 N–H and O–H groups in total. The van der Waals surface area contributed by atoms with Gasteiger partial charge in [-0.1, -0.05) is 30.3 Å². The van der Waals surface area contributed by atoms with Crippen LogP contribution >= 0.6 is 0 Å². The van der Waals surface area contributed by atoms with Gasteiger partial charge in [0.15, 0.2) is 5.82 Å². The van der Waals surface area contributed by atoms with Crippen molar-refractivity contribution < 1.29 is 4.39 Å². The van der Waals surface area contributed by atoms with Crippen molar-refractivity contribution in [2.45, 2.75) is 6.54 Å². The molecule has 0 aliphatic carbocycles. The van der Waals surface area contributed by atoms with Gasteiger partial charge in [-0.05, 0) is 5.56 Å². The molecule has 0 unspecified atom stereocenters. The molecule has 1 aromatic heterocycles. The van der Waals surface area contributed by atoms with Crippen LogP contribution in [0.25, 0.3) is 0 Å². The minimum atomic E-state index is -0.509. The second-order valence-electron chi connectivity index (χ2n) is 3.17. The lowest BCUT2D eigenvalue weighted by atomic mass is 10.2. The molecule has 1 heterocycles. The largest absolute Gasteiger partial charge is 0.348 e. The summed E-state index contributed by atoms with van der Waals surface area (Å²) in [7, 11) is 0. The molecule has 4 heteroatoms. The Bertz CT molecular complexity index is 507. The highest BCUT2D eigenvalue weighted by Crippen LogP contribution is 2.00. The van der Waals surface area contributed by atoms with E-state index < -0.39 is 11.5 Å². The molecular weight excluding hydrogens is 195 g/mol. The fourth-order valence-electron chi connectivity index (χ4n) is 1.32. The maximum absolute atomic E-state index is 12.8. The third-order valence-electron chi connectivity index (χ3n) is 2.02. The van der Waals surface area contributed by atoms with Gasteiger partial charge in [0.1, 0.15) is 0 Å². The van der Waals surface area contributed by atoms with E-state index in [1.807, 2.05) is 30.3 Å². The normalized spacial score (nSPS) is 10.2. The van der Waals surface area contributed by atoms with Crippen molar-refractivity contribution in [1.82, 2.24) is 9.55 Å². The van der Waals surface area contributed by atoms with Crippen LogP contribution in [0.3, 0.4) is 0 Å². The van der Waals surface area contributed by atoms with Crippen molar-refractivity contribution >= 4 is 0 Å². The van der Waals surface area contributed by atoms with Crippen LogP contribution < -0.4 is 5.69 Å². The molecule has 0 amide bonds. The molecule has 0 spiro atoms. The molecular formula is C11H9FN2O. The van der Waals surface area contributed by atoms with Gasteiger partial charge in [0.25, 0.3) is 0 Å². The summed E-state index contributed by atoms with van der Waals surface area (Å²) in [6.07, 6.45) is 2.08. The van der Waals surface area contributed by atoms with Gasteiger partial charge in [0, 0.05) is 6.20 Å².